The minimum absolute atomic E-state index is 0.369. The average molecular weight is 386 g/mol. The van der Waals surface area contributed by atoms with Gasteiger partial charge in [-0.05, 0) is 49.4 Å². The predicted molar refractivity (Wildman–Crippen MR) is 109 cm³/mol. The Morgan fingerprint density at radius 2 is 1.74 bits per heavy atom. The van der Waals surface area contributed by atoms with Gasteiger partial charge in [0.15, 0.2) is 11.6 Å². The van der Waals surface area contributed by atoms with E-state index in [0.717, 1.165) is 11.4 Å². The molecule has 0 amide bonds. The molecule has 0 aliphatic carbocycles. The van der Waals surface area contributed by atoms with Crippen molar-refractivity contribution in [1.82, 2.24) is 9.97 Å². The van der Waals surface area contributed by atoms with Gasteiger partial charge in [0.05, 0.1) is 19.4 Å². The van der Waals surface area contributed by atoms with Crippen molar-refractivity contribution in [3.05, 3.63) is 53.8 Å². The monoisotopic (exact) mass is 385 g/mol. The number of nitrogens with one attached hydrogen (secondary N) is 2. The van der Waals surface area contributed by atoms with Crippen LogP contribution in [0, 0.1) is 0 Å². The number of methoxy groups -OCH3 is 1. The van der Waals surface area contributed by atoms with Gasteiger partial charge in [0.2, 0.25) is 0 Å². The number of ether oxygens (including phenoxy) is 2. The number of nitrogens with two attached hydrogens (primary N) is 1. The molecule has 0 saturated heterocycles. The number of halogens is 1. The molecule has 1 aromatic heterocycles. The van der Waals surface area contributed by atoms with Crippen LogP contribution in [0.3, 0.4) is 0 Å². The smallest absolute Gasteiger partial charge is 0.159 e. The molecule has 8 heteroatoms. The summed E-state index contributed by atoms with van der Waals surface area (Å²) in [6, 6.07) is 12.8. The number of nitrogens with zero attached hydrogens (tertiary/aromatic N) is 2. The van der Waals surface area contributed by atoms with E-state index >= 15 is 0 Å². The molecule has 0 aliphatic heterocycles. The molecule has 3 aromatic rings. The van der Waals surface area contributed by atoms with Crippen LogP contribution in [0.1, 0.15) is 6.92 Å². The standard InChI is InChI=1S/C19H20ClN5O2/c1-3-27-14-7-5-13(6-8-14)24-18-17(21)19(23-11-22-18)25-15-10-12(20)4-9-16(15)26-2/h4-11H,3,21H2,1-2H3,(H2,22,23,24,25). The van der Waals surface area contributed by atoms with Crippen molar-refractivity contribution in [2.24, 2.45) is 0 Å². The molecule has 2 aromatic carbocycles. The van der Waals surface area contributed by atoms with E-state index in [9.17, 15) is 0 Å². The van der Waals surface area contributed by atoms with E-state index < -0.39 is 0 Å². The van der Waals surface area contributed by atoms with Crippen LogP contribution in [0.2, 0.25) is 5.02 Å². The van der Waals surface area contributed by atoms with Gasteiger partial charge in [-0.2, -0.15) is 0 Å². The number of anilines is 5. The minimum atomic E-state index is 0.369. The second-order valence-electron chi connectivity index (χ2n) is 5.54. The van der Waals surface area contributed by atoms with E-state index in [1.54, 1.807) is 25.3 Å². The Hall–Kier alpha value is -3.19. The first-order valence-corrected chi connectivity index (χ1v) is 8.69. The molecule has 0 aliphatic rings. The third-order valence-corrected chi connectivity index (χ3v) is 3.96. The molecule has 4 N–H and O–H groups in total. The van der Waals surface area contributed by atoms with Gasteiger partial charge in [-0.15, -0.1) is 0 Å². The van der Waals surface area contributed by atoms with Gasteiger partial charge in [0, 0.05) is 10.7 Å². The van der Waals surface area contributed by atoms with Crippen LogP contribution in [0.25, 0.3) is 0 Å². The first kappa shape index (κ1) is 18.6. The summed E-state index contributed by atoms with van der Waals surface area (Å²) >= 11 is 6.07. The highest BCUT2D eigenvalue weighted by atomic mass is 35.5. The van der Waals surface area contributed by atoms with Crippen molar-refractivity contribution in [2.75, 3.05) is 30.1 Å². The Labute approximate surface area is 162 Å². The number of benzene rings is 2. The fourth-order valence-electron chi connectivity index (χ4n) is 2.44. The summed E-state index contributed by atoms with van der Waals surface area (Å²) in [5.41, 5.74) is 8.09. The molecular formula is C19H20ClN5O2. The zero-order valence-electron chi connectivity index (χ0n) is 15.0. The lowest BCUT2D eigenvalue weighted by Crippen LogP contribution is -2.06. The minimum Gasteiger partial charge on any atom is -0.495 e. The fraction of sp³-hybridized carbons (Fsp3) is 0.158. The van der Waals surface area contributed by atoms with Gasteiger partial charge in [0.1, 0.15) is 23.5 Å². The number of aromatic nitrogens is 2. The third-order valence-electron chi connectivity index (χ3n) is 3.73. The molecule has 0 atom stereocenters. The normalized spacial score (nSPS) is 10.3. The molecule has 0 fully saturated rings. The van der Waals surface area contributed by atoms with Gasteiger partial charge < -0.3 is 25.8 Å². The highest BCUT2D eigenvalue weighted by Crippen LogP contribution is 2.33. The van der Waals surface area contributed by atoms with Gasteiger partial charge in [-0.1, -0.05) is 11.6 Å². The maximum Gasteiger partial charge on any atom is 0.159 e. The summed E-state index contributed by atoms with van der Waals surface area (Å²) in [5, 5.41) is 6.89. The number of nitrogen functional groups attached to an aromatic ring is 1. The first-order chi connectivity index (χ1) is 13.1. The van der Waals surface area contributed by atoms with E-state index in [1.807, 2.05) is 31.2 Å². The van der Waals surface area contributed by atoms with Crippen molar-refractivity contribution in [3.8, 4) is 11.5 Å². The largest absolute Gasteiger partial charge is 0.495 e. The number of rotatable bonds is 7. The first-order valence-electron chi connectivity index (χ1n) is 8.31. The molecule has 0 bridgehead atoms. The van der Waals surface area contributed by atoms with Crippen LogP contribution in [-0.2, 0) is 0 Å². The molecule has 27 heavy (non-hydrogen) atoms. The molecule has 0 saturated carbocycles. The summed E-state index contributed by atoms with van der Waals surface area (Å²) in [4.78, 5) is 8.43. The van der Waals surface area contributed by atoms with Crippen LogP contribution in [-0.4, -0.2) is 23.7 Å². The predicted octanol–water partition coefficient (Wildman–Crippen LogP) is 4.61. The SMILES string of the molecule is CCOc1ccc(Nc2ncnc(Nc3cc(Cl)ccc3OC)c2N)cc1. The molecule has 0 spiro atoms. The molecule has 7 nitrogen and oxygen atoms in total. The highest BCUT2D eigenvalue weighted by Gasteiger charge is 2.11. The zero-order chi connectivity index (χ0) is 19.2. The summed E-state index contributed by atoms with van der Waals surface area (Å²) in [6.45, 7) is 2.56. The van der Waals surface area contributed by atoms with E-state index in [2.05, 4.69) is 20.6 Å². The van der Waals surface area contributed by atoms with Gasteiger partial charge in [-0.3, -0.25) is 0 Å². The topological polar surface area (TPSA) is 94.3 Å². The Balaban J connectivity index is 1.83. The molecule has 1 heterocycles. The number of hydrogen-bond acceptors (Lipinski definition) is 7. The van der Waals surface area contributed by atoms with E-state index in [1.165, 1.54) is 6.33 Å². The lowest BCUT2D eigenvalue weighted by molar-refractivity contribution is 0.340. The van der Waals surface area contributed by atoms with Crippen molar-refractivity contribution in [2.45, 2.75) is 6.92 Å². The Morgan fingerprint density at radius 1 is 1.04 bits per heavy atom. The Morgan fingerprint density at radius 3 is 2.41 bits per heavy atom. The average Bonchev–Trinajstić information content (AvgIpc) is 2.67. The maximum atomic E-state index is 6.24. The van der Waals surface area contributed by atoms with Gasteiger partial charge in [0.25, 0.3) is 0 Å². The summed E-state index contributed by atoms with van der Waals surface area (Å²) in [6.07, 6.45) is 1.42. The fourth-order valence-corrected chi connectivity index (χ4v) is 2.61. The summed E-state index contributed by atoms with van der Waals surface area (Å²) in [7, 11) is 1.58. The van der Waals surface area contributed by atoms with Crippen molar-refractivity contribution in [1.29, 1.82) is 0 Å². The van der Waals surface area contributed by atoms with Gasteiger partial charge in [-0.25, -0.2) is 9.97 Å². The van der Waals surface area contributed by atoms with Crippen LogP contribution in [0.4, 0.5) is 28.7 Å². The molecule has 0 unspecified atom stereocenters. The Bertz CT molecular complexity index is 918. The molecule has 0 radical (unpaired) electrons. The van der Waals surface area contributed by atoms with Crippen LogP contribution >= 0.6 is 11.6 Å². The highest BCUT2D eigenvalue weighted by molar-refractivity contribution is 6.31. The van der Waals surface area contributed by atoms with Crippen LogP contribution in [0.15, 0.2) is 48.8 Å². The molecule has 140 valence electrons. The summed E-state index contributed by atoms with van der Waals surface area (Å²) < 4.78 is 10.8. The second-order valence-corrected chi connectivity index (χ2v) is 5.97. The third kappa shape index (κ3) is 4.51. The molecule has 3 rings (SSSR count). The Kier molecular flexibility index (Phi) is 5.83. The van der Waals surface area contributed by atoms with E-state index in [-0.39, 0.29) is 0 Å². The zero-order valence-corrected chi connectivity index (χ0v) is 15.7. The molecular weight excluding hydrogens is 366 g/mol. The van der Waals surface area contributed by atoms with Gasteiger partial charge >= 0.3 is 0 Å². The number of hydrogen-bond donors (Lipinski definition) is 3. The quantitative estimate of drug-likeness (QED) is 0.546. The van der Waals surface area contributed by atoms with Crippen molar-refractivity contribution in [3.63, 3.8) is 0 Å². The van der Waals surface area contributed by atoms with Crippen LogP contribution < -0.4 is 25.8 Å². The van der Waals surface area contributed by atoms with Crippen molar-refractivity contribution < 1.29 is 9.47 Å². The lowest BCUT2D eigenvalue weighted by Gasteiger charge is -2.15. The second kappa shape index (κ2) is 8.46. The van der Waals surface area contributed by atoms with E-state index in [0.29, 0.717) is 40.4 Å². The summed E-state index contributed by atoms with van der Waals surface area (Å²) in [5.74, 6) is 2.35. The van der Waals surface area contributed by atoms with E-state index in [4.69, 9.17) is 26.8 Å². The van der Waals surface area contributed by atoms with Crippen molar-refractivity contribution >= 4 is 40.3 Å². The lowest BCUT2D eigenvalue weighted by atomic mass is 10.2. The van der Waals surface area contributed by atoms with Crippen LogP contribution in [0.5, 0.6) is 11.5 Å². The maximum absolute atomic E-state index is 6.24.